The quantitative estimate of drug-likeness (QED) is 0.760. The molecule has 1 heterocycles. The Balaban J connectivity index is 2.02. The van der Waals surface area contributed by atoms with Crippen molar-refractivity contribution in [2.45, 2.75) is 17.6 Å². The molecule has 0 spiro atoms. The molecule has 0 atom stereocenters. The molecule has 3 nitrogen and oxygen atoms in total. The number of nitriles is 1. The van der Waals surface area contributed by atoms with Crippen LogP contribution in [0.5, 0.6) is 0 Å². The maximum absolute atomic E-state index is 8.76. The highest BCUT2D eigenvalue weighted by molar-refractivity contribution is 7.98. The van der Waals surface area contributed by atoms with Gasteiger partial charge in [-0.25, -0.2) is 0 Å². The van der Waals surface area contributed by atoms with Gasteiger partial charge in [-0.1, -0.05) is 11.2 Å². The van der Waals surface area contributed by atoms with Gasteiger partial charge in [-0.15, -0.1) is 11.8 Å². The Bertz CT molecular complexity index is 528. The zero-order valence-corrected chi connectivity index (χ0v) is 9.62. The van der Waals surface area contributed by atoms with E-state index >= 15 is 0 Å². The number of benzene rings is 1. The van der Waals surface area contributed by atoms with Gasteiger partial charge in [0.2, 0.25) is 0 Å². The summed E-state index contributed by atoms with van der Waals surface area (Å²) in [6.07, 6.45) is 0. The molecule has 0 fully saturated rings. The largest absolute Gasteiger partial charge is 0.361 e. The Labute approximate surface area is 98.1 Å². The van der Waals surface area contributed by atoms with Crippen molar-refractivity contribution >= 4 is 11.8 Å². The van der Waals surface area contributed by atoms with Crippen molar-refractivity contribution in [3.63, 3.8) is 0 Å². The molecule has 0 aliphatic carbocycles. The van der Waals surface area contributed by atoms with E-state index in [-0.39, 0.29) is 0 Å². The lowest BCUT2D eigenvalue weighted by molar-refractivity contribution is 0.393. The predicted octanol–water partition coefficient (Wildman–Crippen LogP) is 3.15. The number of nitrogens with zero attached hydrogens (tertiary/aromatic N) is 2. The van der Waals surface area contributed by atoms with Gasteiger partial charge in [0.25, 0.3) is 0 Å². The molecule has 2 aromatic rings. The number of rotatable bonds is 3. The van der Waals surface area contributed by atoms with Crippen LogP contribution in [0.25, 0.3) is 0 Å². The van der Waals surface area contributed by atoms with Gasteiger partial charge in [-0.3, -0.25) is 0 Å². The number of thioether (sulfide) groups is 1. The minimum Gasteiger partial charge on any atom is -0.361 e. The van der Waals surface area contributed by atoms with Gasteiger partial charge in [-0.05, 0) is 25.1 Å². The molecule has 0 saturated heterocycles. The second kappa shape index (κ2) is 4.86. The Morgan fingerprint density at radius 3 is 3.00 bits per heavy atom. The Morgan fingerprint density at radius 2 is 2.31 bits per heavy atom. The predicted molar refractivity (Wildman–Crippen MR) is 62.0 cm³/mol. The zero-order chi connectivity index (χ0) is 11.4. The minimum atomic E-state index is 0.682. The normalized spacial score (nSPS) is 10.0. The van der Waals surface area contributed by atoms with Gasteiger partial charge in [0.15, 0.2) is 0 Å². The average molecular weight is 230 g/mol. The molecule has 4 heteroatoms. The number of aromatic nitrogens is 1. The fraction of sp³-hybridized carbons (Fsp3) is 0.167. The van der Waals surface area contributed by atoms with E-state index in [1.165, 1.54) is 0 Å². The number of hydrogen-bond acceptors (Lipinski definition) is 4. The fourth-order valence-electron chi connectivity index (χ4n) is 1.30. The van der Waals surface area contributed by atoms with Crippen LogP contribution in [0.1, 0.15) is 17.0 Å². The summed E-state index contributed by atoms with van der Waals surface area (Å²) in [6, 6.07) is 11.6. The molecular weight excluding hydrogens is 220 g/mol. The van der Waals surface area contributed by atoms with E-state index in [0.29, 0.717) is 5.56 Å². The molecule has 16 heavy (non-hydrogen) atoms. The third kappa shape index (κ3) is 2.65. The van der Waals surface area contributed by atoms with Crippen molar-refractivity contribution < 1.29 is 4.52 Å². The standard InChI is InChI=1S/C12H10N2OS/c1-9-5-11(14-15-9)8-16-12-4-2-3-10(6-12)7-13/h2-6H,8H2,1H3. The van der Waals surface area contributed by atoms with Gasteiger partial charge < -0.3 is 4.52 Å². The number of aryl methyl sites for hydroxylation is 1. The molecule has 80 valence electrons. The Hall–Kier alpha value is -1.73. The van der Waals surface area contributed by atoms with E-state index in [9.17, 15) is 0 Å². The highest BCUT2D eigenvalue weighted by atomic mass is 32.2. The van der Waals surface area contributed by atoms with Crippen molar-refractivity contribution in [2.24, 2.45) is 0 Å². The maximum Gasteiger partial charge on any atom is 0.133 e. The van der Waals surface area contributed by atoms with Crippen molar-refractivity contribution in [1.29, 1.82) is 5.26 Å². The van der Waals surface area contributed by atoms with Crippen molar-refractivity contribution in [3.05, 3.63) is 47.3 Å². The highest BCUT2D eigenvalue weighted by Gasteiger charge is 2.02. The first-order chi connectivity index (χ1) is 7.78. The summed E-state index contributed by atoms with van der Waals surface area (Å²) in [4.78, 5) is 1.07. The lowest BCUT2D eigenvalue weighted by Gasteiger charge is -1.98. The first kappa shape index (κ1) is 10.8. The lowest BCUT2D eigenvalue weighted by atomic mass is 10.2. The van der Waals surface area contributed by atoms with Gasteiger partial charge in [0.1, 0.15) is 5.76 Å². The van der Waals surface area contributed by atoms with Crippen molar-refractivity contribution in [2.75, 3.05) is 0 Å². The summed E-state index contributed by atoms with van der Waals surface area (Å²) in [6.45, 7) is 1.87. The van der Waals surface area contributed by atoms with E-state index in [2.05, 4.69) is 11.2 Å². The molecule has 2 rings (SSSR count). The second-order valence-corrected chi connectivity index (χ2v) is 4.41. The van der Waals surface area contributed by atoms with Crippen LogP contribution in [-0.4, -0.2) is 5.16 Å². The SMILES string of the molecule is Cc1cc(CSc2cccc(C#N)c2)no1. The molecule has 0 radical (unpaired) electrons. The minimum absolute atomic E-state index is 0.682. The Morgan fingerprint density at radius 1 is 1.44 bits per heavy atom. The first-order valence-corrected chi connectivity index (χ1v) is 5.81. The van der Waals surface area contributed by atoms with Gasteiger partial charge >= 0.3 is 0 Å². The topological polar surface area (TPSA) is 49.8 Å². The van der Waals surface area contributed by atoms with Gasteiger partial charge in [0.05, 0.1) is 17.3 Å². The molecule has 0 aliphatic rings. The fourth-order valence-corrected chi connectivity index (χ4v) is 2.13. The van der Waals surface area contributed by atoms with Crippen LogP contribution < -0.4 is 0 Å². The summed E-state index contributed by atoms with van der Waals surface area (Å²) in [7, 11) is 0. The molecule has 0 amide bonds. The zero-order valence-electron chi connectivity index (χ0n) is 8.80. The van der Waals surface area contributed by atoms with Gasteiger partial charge in [0, 0.05) is 16.7 Å². The second-order valence-electron chi connectivity index (χ2n) is 3.36. The summed E-state index contributed by atoms with van der Waals surface area (Å²) < 4.78 is 4.98. The van der Waals surface area contributed by atoms with Gasteiger partial charge in [-0.2, -0.15) is 5.26 Å². The van der Waals surface area contributed by atoms with E-state index < -0.39 is 0 Å². The van der Waals surface area contributed by atoms with Crippen LogP contribution >= 0.6 is 11.8 Å². The van der Waals surface area contributed by atoms with E-state index in [4.69, 9.17) is 9.78 Å². The molecule has 0 aliphatic heterocycles. The van der Waals surface area contributed by atoms with Crippen LogP contribution in [0.2, 0.25) is 0 Å². The van der Waals surface area contributed by atoms with Crippen molar-refractivity contribution in [3.8, 4) is 6.07 Å². The molecule has 0 saturated carbocycles. The van der Waals surface area contributed by atoms with Crippen molar-refractivity contribution in [1.82, 2.24) is 5.16 Å². The monoisotopic (exact) mass is 230 g/mol. The van der Waals surface area contributed by atoms with Crippen LogP contribution in [0.4, 0.5) is 0 Å². The summed E-state index contributed by atoms with van der Waals surface area (Å²) in [5, 5.41) is 12.7. The summed E-state index contributed by atoms with van der Waals surface area (Å²) in [5.41, 5.74) is 1.60. The molecule has 1 aromatic carbocycles. The first-order valence-electron chi connectivity index (χ1n) is 4.83. The van der Waals surface area contributed by atoms with Crippen LogP contribution in [0.15, 0.2) is 39.8 Å². The molecule has 0 bridgehead atoms. The molecule has 0 N–H and O–H groups in total. The lowest BCUT2D eigenvalue weighted by Crippen LogP contribution is -1.80. The molecule has 1 aromatic heterocycles. The van der Waals surface area contributed by atoms with E-state index in [1.54, 1.807) is 17.8 Å². The van der Waals surface area contributed by atoms with E-state index in [0.717, 1.165) is 22.1 Å². The third-order valence-corrected chi connectivity index (χ3v) is 3.05. The van der Waals surface area contributed by atoms with Crippen LogP contribution in [0, 0.1) is 18.3 Å². The van der Waals surface area contributed by atoms with Crippen LogP contribution in [-0.2, 0) is 5.75 Å². The highest BCUT2D eigenvalue weighted by Crippen LogP contribution is 2.23. The van der Waals surface area contributed by atoms with Crippen LogP contribution in [0.3, 0.4) is 0 Å². The summed E-state index contributed by atoms with van der Waals surface area (Å²) >= 11 is 1.64. The third-order valence-electron chi connectivity index (χ3n) is 2.03. The average Bonchev–Trinajstić information content (AvgIpc) is 2.73. The molecule has 0 unspecified atom stereocenters. The Kier molecular flexibility index (Phi) is 3.28. The summed E-state index contributed by atoms with van der Waals surface area (Å²) in [5.74, 6) is 1.58. The molecular formula is C12H10N2OS. The smallest absolute Gasteiger partial charge is 0.133 e. The number of hydrogen-bond donors (Lipinski definition) is 0. The van der Waals surface area contributed by atoms with E-state index in [1.807, 2.05) is 31.2 Å². The maximum atomic E-state index is 8.76.